The Hall–Kier alpha value is -3.52. The monoisotopic (exact) mass is 438 g/mol. The first kappa shape index (κ1) is 20.7. The molecule has 0 radical (unpaired) electrons. The number of hydrogen-bond donors (Lipinski definition) is 0. The molecular formula is C23H19FN2O4S. The van der Waals surface area contributed by atoms with Gasteiger partial charge in [0, 0.05) is 29.3 Å². The van der Waals surface area contributed by atoms with Gasteiger partial charge in [0.2, 0.25) is 4.96 Å². The summed E-state index contributed by atoms with van der Waals surface area (Å²) in [7, 11) is 3.11. The Morgan fingerprint density at radius 1 is 1.10 bits per heavy atom. The maximum absolute atomic E-state index is 13.2. The van der Waals surface area contributed by atoms with Gasteiger partial charge in [0.05, 0.1) is 18.8 Å². The maximum Gasteiger partial charge on any atom is 0.277 e. The summed E-state index contributed by atoms with van der Waals surface area (Å²) in [6.07, 6.45) is 1.98. The zero-order valence-electron chi connectivity index (χ0n) is 17.1. The third-order valence-electron chi connectivity index (χ3n) is 5.06. The number of aromatic nitrogens is 2. The highest BCUT2D eigenvalue weighted by molar-refractivity contribution is 7.15. The van der Waals surface area contributed by atoms with Crippen molar-refractivity contribution in [3.05, 3.63) is 95.9 Å². The lowest BCUT2D eigenvalue weighted by molar-refractivity contribution is 0.393. The first-order valence-corrected chi connectivity index (χ1v) is 10.3. The minimum absolute atomic E-state index is 0.261. The molecule has 0 bridgehead atoms. The van der Waals surface area contributed by atoms with Gasteiger partial charge >= 0.3 is 0 Å². The zero-order chi connectivity index (χ0) is 22.1. The Bertz CT molecular complexity index is 1440. The standard InChI is InChI=1S/C23H19FN2O4S/c1-13-18(10-14-4-7-16(24)8-5-14)21(27)25-23-26(13)22(28)20(31-23)11-15-6-9-17(29-2)12-19(15)30-3/h4-9,11-12H,10H2,1-3H3. The Morgan fingerprint density at radius 3 is 2.52 bits per heavy atom. The number of aryl methyl sites for hydroxylation is 1. The van der Waals surface area contributed by atoms with Crippen LogP contribution in [0.5, 0.6) is 11.5 Å². The number of benzene rings is 2. The summed E-state index contributed by atoms with van der Waals surface area (Å²) in [6.45, 7) is 1.72. The molecule has 0 N–H and O–H groups in total. The molecule has 0 atom stereocenters. The highest BCUT2D eigenvalue weighted by atomic mass is 32.1. The van der Waals surface area contributed by atoms with E-state index in [4.69, 9.17) is 9.47 Å². The Labute approximate surface area is 180 Å². The molecule has 0 fully saturated rings. The van der Waals surface area contributed by atoms with Crippen LogP contribution in [0.15, 0.2) is 52.1 Å². The average Bonchev–Trinajstić information content (AvgIpc) is 3.07. The molecule has 4 aromatic rings. The van der Waals surface area contributed by atoms with Crippen molar-refractivity contribution in [3.63, 3.8) is 0 Å². The summed E-state index contributed by atoms with van der Waals surface area (Å²) >= 11 is 1.14. The molecule has 2 aromatic heterocycles. The van der Waals surface area contributed by atoms with Gasteiger partial charge in [-0.2, -0.15) is 4.98 Å². The SMILES string of the molecule is COc1ccc(C=c2sc3nc(=O)c(Cc4ccc(F)cc4)c(C)n3c2=O)c(OC)c1. The Balaban J connectivity index is 1.85. The first-order valence-electron chi connectivity index (χ1n) is 9.44. The average molecular weight is 438 g/mol. The molecule has 0 aliphatic rings. The largest absolute Gasteiger partial charge is 0.497 e. The molecule has 8 heteroatoms. The van der Waals surface area contributed by atoms with Crippen molar-refractivity contribution in [2.75, 3.05) is 14.2 Å². The molecule has 31 heavy (non-hydrogen) atoms. The van der Waals surface area contributed by atoms with E-state index in [0.717, 1.165) is 16.9 Å². The van der Waals surface area contributed by atoms with Crippen molar-refractivity contribution in [2.45, 2.75) is 13.3 Å². The molecule has 0 amide bonds. The van der Waals surface area contributed by atoms with Crippen LogP contribution in [0, 0.1) is 12.7 Å². The van der Waals surface area contributed by atoms with Crippen LogP contribution in [0.3, 0.4) is 0 Å². The van der Waals surface area contributed by atoms with Crippen LogP contribution in [-0.2, 0) is 6.42 Å². The van der Waals surface area contributed by atoms with Crippen LogP contribution in [-0.4, -0.2) is 23.6 Å². The van der Waals surface area contributed by atoms with E-state index < -0.39 is 5.56 Å². The van der Waals surface area contributed by atoms with Crippen molar-refractivity contribution < 1.29 is 13.9 Å². The Kier molecular flexibility index (Phi) is 5.56. The van der Waals surface area contributed by atoms with Gasteiger partial charge in [-0.3, -0.25) is 14.0 Å². The highest BCUT2D eigenvalue weighted by Gasteiger charge is 2.15. The van der Waals surface area contributed by atoms with E-state index in [0.29, 0.717) is 37.8 Å². The third-order valence-corrected chi connectivity index (χ3v) is 6.02. The topological polar surface area (TPSA) is 69.9 Å². The number of nitrogens with zero attached hydrogens (tertiary/aromatic N) is 2. The fourth-order valence-corrected chi connectivity index (χ4v) is 4.38. The lowest BCUT2D eigenvalue weighted by Gasteiger charge is -2.06. The molecule has 0 aliphatic heterocycles. The van der Waals surface area contributed by atoms with E-state index in [9.17, 15) is 14.0 Å². The van der Waals surface area contributed by atoms with Crippen LogP contribution >= 0.6 is 11.3 Å². The first-order chi connectivity index (χ1) is 14.9. The second-order valence-electron chi connectivity index (χ2n) is 6.93. The van der Waals surface area contributed by atoms with Gasteiger partial charge in [-0.05, 0) is 42.8 Å². The van der Waals surface area contributed by atoms with Crippen molar-refractivity contribution in [1.29, 1.82) is 0 Å². The molecule has 0 spiro atoms. The lowest BCUT2D eigenvalue weighted by atomic mass is 10.1. The van der Waals surface area contributed by atoms with E-state index in [1.54, 1.807) is 57.6 Å². The molecule has 0 unspecified atom stereocenters. The quantitative estimate of drug-likeness (QED) is 0.479. The van der Waals surface area contributed by atoms with Gasteiger partial charge in [0.25, 0.3) is 11.1 Å². The Morgan fingerprint density at radius 2 is 1.84 bits per heavy atom. The number of ether oxygens (including phenoxy) is 2. The van der Waals surface area contributed by atoms with E-state index in [1.165, 1.54) is 16.5 Å². The summed E-state index contributed by atoms with van der Waals surface area (Å²) in [4.78, 5) is 30.2. The summed E-state index contributed by atoms with van der Waals surface area (Å²) in [5, 5.41) is 0. The fourth-order valence-electron chi connectivity index (χ4n) is 3.38. The second kappa shape index (κ2) is 8.31. The van der Waals surface area contributed by atoms with Gasteiger partial charge < -0.3 is 9.47 Å². The molecule has 0 aliphatic carbocycles. The summed E-state index contributed by atoms with van der Waals surface area (Å²) in [5.74, 6) is 0.855. The summed E-state index contributed by atoms with van der Waals surface area (Å²) in [6, 6.07) is 11.2. The number of hydrogen-bond acceptors (Lipinski definition) is 6. The van der Waals surface area contributed by atoms with Crippen LogP contribution in [0.25, 0.3) is 11.0 Å². The van der Waals surface area contributed by atoms with Crippen molar-refractivity contribution in [1.82, 2.24) is 9.38 Å². The maximum atomic E-state index is 13.2. The summed E-state index contributed by atoms with van der Waals surface area (Å²) < 4.78 is 25.7. The molecule has 4 rings (SSSR count). The normalized spacial score (nSPS) is 11.8. The van der Waals surface area contributed by atoms with Crippen molar-refractivity contribution in [2.24, 2.45) is 0 Å². The van der Waals surface area contributed by atoms with Gasteiger partial charge in [-0.25, -0.2) is 4.39 Å². The molecule has 2 aromatic carbocycles. The predicted molar refractivity (Wildman–Crippen MR) is 118 cm³/mol. The van der Waals surface area contributed by atoms with Crippen molar-refractivity contribution in [3.8, 4) is 11.5 Å². The van der Waals surface area contributed by atoms with Crippen LogP contribution in [0.2, 0.25) is 0 Å². The van der Waals surface area contributed by atoms with Crippen LogP contribution in [0.4, 0.5) is 4.39 Å². The third kappa shape index (κ3) is 3.94. The molecule has 0 saturated carbocycles. The number of fused-ring (bicyclic) bond motifs is 1. The molecule has 0 saturated heterocycles. The molecule has 2 heterocycles. The minimum atomic E-state index is -0.392. The number of thiazole rings is 1. The van der Waals surface area contributed by atoms with E-state index in [-0.39, 0.29) is 17.8 Å². The van der Waals surface area contributed by atoms with Crippen LogP contribution < -0.4 is 25.1 Å². The van der Waals surface area contributed by atoms with E-state index >= 15 is 0 Å². The number of halogens is 1. The van der Waals surface area contributed by atoms with E-state index in [1.807, 2.05) is 0 Å². The molecule has 6 nitrogen and oxygen atoms in total. The predicted octanol–water partition coefficient (Wildman–Crippen LogP) is 2.72. The van der Waals surface area contributed by atoms with Gasteiger partial charge in [0.15, 0.2) is 0 Å². The highest BCUT2D eigenvalue weighted by Crippen LogP contribution is 2.25. The van der Waals surface area contributed by atoms with Crippen molar-refractivity contribution >= 4 is 22.4 Å². The number of rotatable bonds is 5. The lowest BCUT2D eigenvalue weighted by Crippen LogP contribution is -2.27. The molecular weight excluding hydrogens is 419 g/mol. The minimum Gasteiger partial charge on any atom is -0.497 e. The fraction of sp³-hybridized carbons (Fsp3) is 0.174. The number of methoxy groups -OCH3 is 2. The zero-order valence-corrected chi connectivity index (χ0v) is 18.0. The van der Waals surface area contributed by atoms with Gasteiger partial charge in [-0.1, -0.05) is 23.5 Å². The van der Waals surface area contributed by atoms with Gasteiger partial charge in [-0.15, -0.1) is 0 Å². The van der Waals surface area contributed by atoms with Gasteiger partial charge in [0.1, 0.15) is 17.3 Å². The smallest absolute Gasteiger partial charge is 0.277 e. The summed E-state index contributed by atoms with van der Waals surface area (Å²) in [5.41, 5.74) is 1.76. The second-order valence-corrected chi connectivity index (χ2v) is 7.93. The molecule has 158 valence electrons. The van der Waals surface area contributed by atoms with E-state index in [2.05, 4.69) is 4.98 Å². The van der Waals surface area contributed by atoms with Crippen LogP contribution in [0.1, 0.15) is 22.4 Å².